The number of hydrogen-bond donors (Lipinski definition) is 1. The topological polar surface area (TPSA) is 63.2 Å². The van der Waals surface area contributed by atoms with E-state index in [4.69, 9.17) is 0 Å². The Hall–Kier alpha value is -1.19. The van der Waals surface area contributed by atoms with Gasteiger partial charge >= 0.3 is 0 Å². The van der Waals surface area contributed by atoms with Crippen molar-refractivity contribution in [1.29, 1.82) is 0 Å². The Kier molecular flexibility index (Phi) is 12.8. The van der Waals surface area contributed by atoms with Crippen molar-refractivity contribution in [3.8, 4) is 0 Å². The number of amides is 1. The molecule has 0 atom stereocenters. The average molecular weight is 229 g/mol. The van der Waals surface area contributed by atoms with Crippen LogP contribution in [0.2, 0.25) is 0 Å². The number of Topliss-reactive ketones (excluding diaryl/α,β-unsaturated/α-hetero) is 2. The van der Waals surface area contributed by atoms with E-state index in [-0.39, 0.29) is 24.0 Å². The van der Waals surface area contributed by atoms with E-state index in [1.165, 1.54) is 13.8 Å². The predicted molar refractivity (Wildman–Crippen MR) is 64.2 cm³/mol. The molecular weight excluding hydrogens is 206 g/mol. The summed E-state index contributed by atoms with van der Waals surface area (Å²) in [6.45, 7) is 7.07. The van der Waals surface area contributed by atoms with Crippen LogP contribution in [0.3, 0.4) is 0 Å². The van der Waals surface area contributed by atoms with Gasteiger partial charge in [0.1, 0.15) is 11.6 Å². The normalized spacial score (nSPS) is 8.75. The molecule has 0 saturated carbocycles. The fourth-order valence-corrected chi connectivity index (χ4v) is 0.971. The van der Waals surface area contributed by atoms with Crippen LogP contribution in [0.5, 0.6) is 0 Å². The molecule has 0 saturated heterocycles. The van der Waals surface area contributed by atoms with Crippen LogP contribution in [0.25, 0.3) is 0 Å². The summed E-state index contributed by atoms with van der Waals surface area (Å²) in [5, 5.41) is 2.50. The Bertz CT molecular complexity index is 224. The molecule has 0 aliphatic heterocycles. The van der Waals surface area contributed by atoms with Crippen molar-refractivity contribution < 1.29 is 14.4 Å². The van der Waals surface area contributed by atoms with Gasteiger partial charge in [0.05, 0.1) is 6.54 Å². The number of carbonyl (C=O) groups excluding carboxylic acids is 3. The van der Waals surface area contributed by atoms with Gasteiger partial charge in [0.15, 0.2) is 0 Å². The first-order chi connectivity index (χ1) is 7.52. The number of nitrogens with one attached hydrogen (secondary N) is 1. The molecule has 1 amide bonds. The quantitative estimate of drug-likeness (QED) is 0.678. The Balaban J connectivity index is 0. The van der Waals surface area contributed by atoms with E-state index in [0.29, 0.717) is 19.3 Å². The zero-order valence-electron chi connectivity index (χ0n) is 10.8. The highest BCUT2D eigenvalue weighted by Crippen LogP contribution is 1.99. The van der Waals surface area contributed by atoms with Crippen molar-refractivity contribution >= 4 is 17.5 Å². The monoisotopic (exact) mass is 229 g/mol. The van der Waals surface area contributed by atoms with Crippen molar-refractivity contribution in [2.45, 2.75) is 53.4 Å². The summed E-state index contributed by atoms with van der Waals surface area (Å²) in [5.74, 6) is -0.0278. The lowest BCUT2D eigenvalue weighted by Gasteiger charge is -2.01. The highest BCUT2D eigenvalue weighted by Gasteiger charge is 2.02. The second-order valence-electron chi connectivity index (χ2n) is 3.39. The van der Waals surface area contributed by atoms with Crippen LogP contribution in [0, 0.1) is 0 Å². The lowest BCUT2D eigenvalue weighted by molar-refractivity contribution is -0.124. The molecule has 0 aromatic carbocycles. The second kappa shape index (κ2) is 11.9. The van der Waals surface area contributed by atoms with Crippen LogP contribution < -0.4 is 5.32 Å². The van der Waals surface area contributed by atoms with Crippen molar-refractivity contribution in [3.05, 3.63) is 0 Å². The molecule has 16 heavy (non-hydrogen) atoms. The Labute approximate surface area is 97.8 Å². The van der Waals surface area contributed by atoms with Gasteiger partial charge in [-0.2, -0.15) is 0 Å². The van der Waals surface area contributed by atoms with Crippen LogP contribution in [0.1, 0.15) is 53.4 Å². The van der Waals surface area contributed by atoms with Crippen molar-refractivity contribution in [2.24, 2.45) is 0 Å². The van der Waals surface area contributed by atoms with E-state index in [9.17, 15) is 14.4 Å². The fourth-order valence-electron chi connectivity index (χ4n) is 0.971. The number of ketones is 2. The molecule has 0 aliphatic carbocycles. The predicted octanol–water partition coefficient (Wildman–Crippen LogP) is 1.87. The molecule has 0 aromatic heterocycles. The van der Waals surface area contributed by atoms with Gasteiger partial charge in [0, 0.05) is 12.8 Å². The van der Waals surface area contributed by atoms with Crippen molar-refractivity contribution in [3.63, 3.8) is 0 Å². The minimum atomic E-state index is -0.122. The van der Waals surface area contributed by atoms with E-state index in [1.807, 2.05) is 13.8 Å². The van der Waals surface area contributed by atoms with Crippen LogP contribution >= 0.6 is 0 Å². The zero-order chi connectivity index (χ0) is 13.0. The lowest BCUT2D eigenvalue weighted by Crippen LogP contribution is -2.27. The first kappa shape index (κ1) is 17.2. The average Bonchev–Trinajstić information content (AvgIpc) is 2.24. The third kappa shape index (κ3) is 15.3. The largest absolute Gasteiger partial charge is 0.349 e. The minimum absolute atomic E-state index is 0.0536. The molecule has 0 unspecified atom stereocenters. The second-order valence-corrected chi connectivity index (χ2v) is 3.39. The van der Waals surface area contributed by atoms with Crippen LogP contribution in [-0.2, 0) is 14.4 Å². The van der Waals surface area contributed by atoms with E-state index in [2.05, 4.69) is 5.32 Å². The van der Waals surface area contributed by atoms with Crippen molar-refractivity contribution in [1.82, 2.24) is 5.32 Å². The molecule has 0 heterocycles. The van der Waals surface area contributed by atoms with Gasteiger partial charge in [-0.1, -0.05) is 13.8 Å². The highest BCUT2D eigenvalue weighted by atomic mass is 16.2. The molecule has 1 N–H and O–H groups in total. The molecule has 0 fully saturated rings. The standard InChI is InChI=1S/C10H17NO3.C2H6/c1-8(12)5-3-4-6-10(14)11-7-9(2)13;1-2/h3-7H2,1-2H3,(H,11,14);1-2H3. The van der Waals surface area contributed by atoms with Crippen molar-refractivity contribution in [2.75, 3.05) is 6.54 Å². The van der Waals surface area contributed by atoms with E-state index < -0.39 is 0 Å². The maximum absolute atomic E-state index is 11.0. The summed E-state index contributed by atoms with van der Waals surface area (Å²) >= 11 is 0. The minimum Gasteiger partial charge on any atom is -0.349 e. The van der Waals surface area contributed by atoms with Crippen LogP contribution in [0.4, 0.5) is 0 Å². The van der Waals surface area contributed by atoms with E-state index in [1.54, 1.807) is 0 Å². The fraction of sp³-hybridized carbons (Fsp3) is 0.750. The molecule has 0 spiro atoms. The summed E-state index contributed by atoms with van der Waals surface area (Å²) < 4.78 is 0. The Morgan fingerprint density at radius 2 is 1.38 bits per heavy atom. The smallest absolute Gasteiger partial charge is 0.220 e. The first-order valence-corrected chi connectivity index (χ1v) is 5.78. The summed E-state index contributed by atoms with van der Waals surface area (Å²) in [6, 6.07) is 0. The molecule has 0 aliphatic rings. The Morgan fingerprint density at radius 1 is 0.875 bits per heavy atom. The molecule has 0 aromatic rings. The molecule has 0 bridgehead atoms. The molecular formula is C12H23NO3. The number of rotatable bonds is 7. The summed E-state index contributed by atoms with van der Waals surface area (Å²) in [4.78, 5) is 32.1. The van der Waals surface area contributed by atoms with Crippen LogP contribution in [0.15, 0.2) is 0 Å². The van der Waals surface area contributed by atoms with Gasteiger partial charge < -0.3 is 10.1 Å². The molecule has 94 valence electrons. The van der Waals surface area contributed by atoms with Gasteiger partial charge in [-0.3, -0.25) is 9.59 Å². The number of hydrogen-bond acceptors (Lipinski definition) is 3. The van der Waals surface area contributed by atoms with Gasteiger partial charge in [-0.05, 0) is 26.7 Å². The zero-order valence-corrected chi connectivity index (χ0v) is 10.8. The molecule has 0 rings (SSSR count). The highest BCUT2D eigenvalue weighted by molar-refractivity contribution is 5.84. The van der Waals surface area contributed by atoms with Gasteiger partial charge in [0.25, 0.3) is 0 Å². The number of unbranched alkanes of at least 4 members (excludes halogenated alkanes) is 1. The molecule has 0 radical (unpaired) electrons. The third-order valence-electron chi connectivity index (χ3n) is 1.72. The van der Waals surface area contributed by atoms with Gasteiger partial charge in [-0.25, -0.2) is 0 Å². The van der Waals surface area contributed by atoms with Crippen LogP contribution in [-0.4, -0.2) is 24.0 Å². The lowest BCUT2D eigenvalue weighted by atomic mass is 10.1. The van der Waals surface area contributed by atoms with E-state index in [0.717, 1.165) is 6.42 Å². The Morgan fingerprint density at radius 3 is 1.81 bits per heavy atom. The molecule has 4 nitrogen and oxygen atoms in total. The maximum Gasteiger partial charge on any atom is 0.220 e. The summed E-state index contributed by atoms with van der Waals surface area (Å²) in [7, 11) is 0. The first-order valence-electron chi connectivity index (χ1n) is 5.78. The summed E-state index contributed by atoms with van der Waals surface area (Å²) in [6.07, 6.45) is 2.35. The third-order valence-corrected chi connectivity index (χ3v) is 1.72. The van der Waals surface area contributed by atoms with Gasteiger partial charge in [-0.15, -0.1) is 0 Å². The summed E-state index contributed by atoms with van der Waals surface area (Å²) in [5.41, 5.74) is 0. The van der Waals surface area contributed by atoms with E-state index >= 15 is 0 Å². The maximum atomic E-state index is 11.0. The number of carbonyl (C=O) groups is 3. The SMILES string of the molecule is CC.CC(=O)CCCCC(=O)NCC(C)=O. The molecule has 4 heteroatoms. The van der Waals surface area contributed by atoms with Gasteiger partial charge in [0.2, 0.25) is 5.91 Å².